The van der Waals surface area contributed by atoms with Gasteiger partial charge in [-0.25, -0.2) is 9.18 Å². The van der Waals surface area contributed by atoms with Crippen molar-refractivity contribution in [2.24, 2.45) is 0 Å². The molecular weight excluding hydrogens is 521 g/mol. The van der Waals surface area contributed by atoms with E-state index in [4.69, 9.17) is 19.3 Å². The molecule has 0 saturated heterocycles. The van der Waals surface area contributed by atoms with E-state index in [0.717, 1.165) is 5.57 Å². The summed E-state index contributed by atoms with van der Waals surface area (Å²) in [5.41, 5.74) is 3.19. The van der Waals surface area contributed by atoms with Crippen molar-refractivity contribution in [1.29, 1.82) is 0 Å². The molecule has 214 valence electrons. The molecule has 0 aromatic heterocycles. The van der Waals surface area contributed by atoms with Gasteiger partial charge in [0.15, 0.2) is 5.75 Å². The van der Waals surface area contributed by atoms with Gasteiger partial charge < -0.3 is 24.6 Å². The van der Waals surface area contributed by atoms with Crippen LogP contribution in [0.25, 0.3) is 0 Å². The van der Waals surface area contributed by atoms with Crippen LogP contribution in [0, 0.1) is 12.7 Å². The van der Waals surface area contributed by atoms with Crippen LogP contribution >= 0.6 is 0 Å². The number of benzene rings is 2. The van der Waals surface area contributed by atoms with Gasteiger partial charge in [0.2, 0.25) is 5.91 Å². The summed E-state index contributed by atoms with van der Waals surface area (Å²) in [6, 6.07) is 6.19. The Labute approximate surface area is 232 Å². The number of carbonyl (C=O) groups excluding carboxylic acids is 3. The molecule has 40 heavy (non-hydrogen) atoms. The zero-order chi connectivity index (χ0) is 29.2. The van der Waals surface area contributed by atoms with Gasteiger partial charge in [-0.15, -0.1) is 0 Å². The number of carboxylic acid groups (broad SMARTS) is 1. The molecule has 9 nitrogen and oxygen atoms in total. The van der Waals surface area contributed by atoms with Crippen molar-refractivity contribution < 1.29 is 42.9 Å². The summed E-state index contributed by atoms with van der Waals surface area (Å²) in [7, 11) is 1.49. The van der Waals surface area contributed by atoms with E-state index in [1.165, 1.54) is 13.2 Å². The Balaban J connectivity index is 1.66. The molecule has 2 aromatic rings. The van der Waals surface area contributed by atoms with Crippen LogP contribution in [0.3, 0.4) is 0 Å². The number of unbranched alkanes of at least 4 members (excludes halogenated alkanes) is 1. The second kappa shape index (κ2) is 14.3. The number of hydrogen-bond donors (Lipinski definition) is 2. The third kappa shape index (κ3) is 7.91. The lowest BCUT2D eigenvalue weighted by molar-refractivity contribution is -0.137. The summed E-state index contributed by atoms with van der Waals surface area (Å²) in [6.07, 6.45) is 3.36. The fourth-order valence-corrected chi connectivity index (χ4v) is 4.45. The van der Waals surface area contributed by atoms with Crippen LogP contribution in [0.4, 0.5) is 4.39 Å². The normalized spacial score (nSPS) is 12.5. The number of carboxylic acids is 1. The predicted octanol–water partition coefficient (Wildman–Crippen LogP) is 4.95. The number of allylic oxidation sites excluding steroid dienone is 2. The molecule has 3 rings (SSSR count). The SMILES string of the molecule is COc1c(C)c2c(c(OC(=O)CCCCC(=O)NCc3ccccc3F)c1CC=C(C)CCC(=O)O)C(=O)OC2. The number of rotatable bonds is 14. The van der Waals surface area contributed by atoms with Crippen molar-refractivity contribution in [3.63, 3.8) is 0 Å². The average molecular weight is 556 g/mol. The Morgan fingerprint density at radius 1 is 1.10 bits per heavy atom. The van der Waals surface area contributed by atoms with Gasteiger partial charge in [0.25, 0.3) is 0 Å². The maximum Gasteiger partial charge on any atom is 0.342 e. The number of fused-ring (bicyclic) bond motifs is 1. The van der Waals surface area contributed by atoms with E-state index in [0.29, 0.717) is 47.3 Å². The zero-order valence-electron chi connectivity index (χ0n) is 22.9. The maximum atomic E-state index is 13.7. The van der Waals surface area contributed by atoms with Crippen LogP contribution in [0.1, 0.15) is 78.1 Å². The smallest absolute Gasteiger partial charge is 0.342 e. The van der Waals surface area contributed by atoms with Crippen LogP contribution in [0.2, 0.25) is 0 Å². The van der Waals surface area contributed by atoms with Crippen LogP contribution in [-0.4, -0.2) is 36.0 Å². The molecule has 0 unspecified atom stereocenters. The molecule has 0 radical (unpaired) electrons. The second-order valence-electron chi connectivity index (χ2n) is 9.59. The lowest BCUT2D eigenvalue weighted by atomic mass is 9.94. The number of ether oxygens (including phenoxy) is 3. The Morgan fingerprint density at radius 3 is 2.52 bits per heavy atom. The van der Waals surface area contributed by atoms with Gasteiger partial charge >= 0.3 is 17.9 Å². The molecule has 1 amide bonds. The topological polar surface area (TPSA) is 128 Å². The van der Waals surface area contributed by atoms with E-state index in [9.17, 15) is 23.6 Å². The summed E-state index contributed by atoms with van der Waals surface area (Å²) in [6.45, 7) is 3.72. The number of nitrogens with one attached hydrogen (secondary N) is 1. The minimum absolute atomic E-state index is 0.00747. The number of cyclic esters (lactones) is 1. The third-order valence-corrected chi connectivity index (χ3v) is 6.70. The molecule has 1 heterocycles. The quantitative estimate of drug-likeness (QED) is 0.145. The van der Waals surface area contributed by atoms with Gasteiger partial charge in [-0.3, -0.25) is 14.4 Å². The lowest BCUT2D eigenvalue weighted by Crippen LogP contribution is -2.23. The minimum atomic E-state index is -0.904. The van der Waals surface area contributed by atoms with Crippen molar-refractivity contribution in [1.82, 2.24) is 5.32 Å². The highest BCUT2D eigenvalue weighted by atomic mass is 19.1. The summed E-state index contributed by atoms with van der Waals surface area (Å²) < 4.78 is 30.3. The van der Waals surface area contributed by atoms with E-state index in [2.05, 4.69) is 5.32 Å². The number of halogens is 1. The fraction of sp³-hybridized carbons (Fsp3) is 0.400. The highest BCUT2D eigenvalue weighted by Crippen LogP contribution is 2.43. The van der Waals surface area contributed by atoms with Crippen molar-refractivity contribution in [3.8, 4) is 11.5 Å². The molecule has 10 heteroatoms. The molecule has 2 aromatic carbocycles. The van der Waals surface area contributed by atoms with E-state index < -0.39 is 17.9 Å². The number of amides is 1. The predicted molar refractivity (Wildman–Crippen MR) is 144 cm³/mol. The number of methoxy groups -OCH3 is 1. The van der Waals surface area contributed by atoms with Crippen LogP contribution < -0.4 is 14.8 Å². The highest BCUT2D eigenvalue weighted by molar-refractivity contribution is 5.99. The Morgan fingerprint density at radius 2 is 1.82 bits per heavy atom. The monoisotopic (exact) mass is 555 g/mol. The second-order valence-corrected chi connectivity index (χ2v) is 9.59. The van der Waals surface area contributed by atoms with E-state index >= 15 is 0 Å². The molecule has 2 N–H and O–H groups in total. The number of hydrogen-bond acceptors (Lipinski definition) is 7. The van der Waals surface area contributed by atoms with Crippen molar-refractivity contribution in [2.45, 2.75) is 71.9 Å². The molecule has 0 aliphatic carbocycles. The summed E-state index contributed by atoms with van der Waals surface area (Å²) in [4.78, 5) is 48.5. The fourth-order valence-electron chi connectivity index (χ4n) is 4.45. The first-order valence-corrected chi connectivity index (χ1v) is 13.1. The highest BCUT2D eigenvalue weighted by Gasteiger charge is 2.34. The minimum Gasteiger partial charge on any atom is -0.496 e. The van der Waals surface area contributed by atoms with Crippen molar-refractivity contribution in [3.05, 3.63) is 69.5 Å². The average Bonchev–Trinajstić information content (AvgIpc) is 3.31. The molecule has 0 spiro atoms. The Hall–Kier alpha value is -4.21. The molecule has 1 aliphatic heterocycles. The lowest BCUT2D eigenvalue weighted by Gasteiger charge is -2.19. The molecule has 0 fully saturated rings. The van der Waals surface area contributed by atoms with Crippen LogP contribution in [0.5, 0.6) is 11.5 Å². The van der Waals surface area contributed by atoms with Gasteiger partial charge in [0.05, 0.1) is 7.11 Å². The molecule has 0 bridgehead atoms. The van der Waals surface area contributed by atoms with Gasteiger partial charge in [-0.05, 0) is 51.2 Å². The summed E-state index contributed by atoms with van der Waals surface area (Å²) in [5, 5.41) is 11.6. The van der Waals surface area contributed by atoms with E-state index in [-0.39, 0.29) is 61.9 Å². The van der Waals surface area contributed by atoms with E-state index in [1.807, 2.05) is 13.0 Å². The van der Waals surface area contributed by atoms with Crippen LogP contribution in [0.15, 0.2) is 35.9 Å². The maximum absolute atomic E-state index is 13.7. The van der Waals surface area contributed by atoms with E-state index in [1.54, 1.807) is 25.1 Å². The largest absolute Gasteiger partial charge is 0.496 e. The van der Waals surface area contributed by atoms with Crippen LogP contribution in [-0.2, 0) is 38.7 Å². The molecule has 1 aliphatic rings. The first-order valence-electron chi connectivity index (χ1n) is 13.1. The first kappa shape index (κ1) is 30.3. The molecular formula is C30H34FNO8. The van der Waals surface area contributed by atoms with Crippen molar-refractivity contribution in [2.75, 3.05) is 7.11 Å². The van der Waals surface area contributed by atoms with Crippen molar-refractivity contribution >= 4 is 23.8 Å². The Kier molecular flexibility index (Phi) is 10.8. The number of aliphatic carboxylic acids is 1. The third-order valence-electron chi connectivity index (χ3n) is 6.70. The zero-order valence-corrected chi connectivity index (χ0v) is 22.9. The number of carbonyl (C=O) groups is 4. The van der Waals surface area contributed by atoms with Gasteiger partial charge in [-0.1, -0.05) is 29.8 Å². The first-order chi connectivity index (χ1) is 19.1. The van der Waals surface area contributed by atoms with Gasteiger partial charge in [-0.2, -0.15) is 0 Å². The van der Waals surface area contributed by atoms with Gasteiger partial charge in [0.1, 0.15) is 23.7 Å². The van der Waals surface area contributed by atoms with Gasteiger partial charge in [0, 0.05) is 42.5 Å². The number of esters is 2. The Bertz CT molecular complexity index is 1320. The molecule has 0 atom stereocenters. The summed E-state index contributed by atoms with van der Waals surface area (Å²) >= 11 is 0. The summed E-state index contributed by atoms with van der Waals surface area (Å²) in [5.74, 6) is -2.18. The standard InChI is InChI=1S/C30H34FNO8/c1-18(13-15-25(34)35)12-14-21-28(38-3)19(2)22-17-39-30(37)27(22)29(21)40-26(36)11-7-6-10-24(33)32-16-20-8-4-5-9-23(20)31/h4-5,8-9,12H,6-7,10-11,13-17H2,1-3H3,(H,32,33)(H,34,35). The molecule has 0 saturated carbocycles.